The van der Waals surface area contributed by atoms with Gasteiger partial charge in [0.25, 0.3) is 0 Å². The minimum Gasteiger partial charge on any atom is -0.347 e. The maximum Gasteiger partial charge on any atom is 0.242 e. The van der Waals surface area contributed by atoms with Gasteiger partial charge in [-0.05, 0) is 11.6 Å². The summed E-state index contributed by atoms with van der Waals surface area (Å²) in [5, 5.41) is 3.46. The highest BCUT2D eigenvalue weighted by molar-refractivity contribution is 6.42. The molecule has 4 nitrogen and oxygen atoms in total. The van der Waals surface area contributed by atoms with Crippen LogP contribution in [-0.2, 0) is 16.1 Å². The van der Waals surface area contributed by atoms with Crippen molar-refractivity contribution in [2.75, 3.05) is 13.1 Å². The number of hydrogen-bond donors (Lipinski definition) is 1. The highest BCUT2D eigenvalue weighted by Gasteiger charge is 2.21. The highest BCUT2D eigenvalue weighted by atomic mass is 35.5. The Hall–Kier alpha value is -1.26. The maximum atomic E-state index is 11.8. The van der Waals surface area contributed by atoms with Crippen LogP contribution in [0.2, 0.25) is 10.0 Å². The first-order chi connectivity index (χ1) is 8.58. The molecule has 1 aliphatic heterocycles. The van der Waals surface area contributed by atoms with Crippen molar-refractivity contribution < 1.29 is 9.59 Å². The number of nitrogens with zero attached hydrogens (tertiary/aromatic N) is 1. The summed E-state index contributed by atoms with van der Waals surface area (Å²) in [5.74, 6) is -0.222. The average molecular weight is 287 g/mol. The summed E-state index contributed by atoms with van der Waals surface area (Å²) in [6.07, 6.45) is 0.309. The summed E-state index contributed by atoms with van der Waals surface area (Å²) >= 11 is 12.0. The number of carbonyl (C=O) groups excluding carboxylic acids is 2. The lowest BCUT2D eigenvalue weighted by molar-refractivity contribution is -0.130. The molecule has 0 unspecified atom stereocenters. The molecule has 0 spiro atoms. The van der Waals surface area contributed by atoms with Crippen LogP contribution in [0.4, 0.5) is 0 Å². The number of benzene rings is 1. The Morgan fingerprint density at radius 1 is 1.28 bits per heavy atom. The Balaban J connectivity index is 2.14. The lowest BCUT2D eigenvalue weighted by Crippen LogP contribution is -2.34. The lowest BCUT2D eigenvalue weighted by atomic mass is 10.2. The van der Waals surface area contributed by atoms with Crippen molar-refractivity contribution in [3.63, 3.8) is 0 Å². The quantitative estimate of drug-likeness (QED) is 0.902. The van der Waals surface area contributed by atoms with Crippen LogP contribution >= 0.6 is 23.2 Å². The van der Waals surface area contributed by atoms with Crippen LogP contribution in [0, 0.1) is 0 Å². The normalized spacial score (nSPS) is 16.4. The Morgan fingerprint density at radius 2 is 2.06 bits per heavy atom. The molecule has 1 aromatic carbocycles. The van der Waals surface area contributed by atoms with Crippen LogP contribution in [0.15, 0.2) is 18.2 Å². The molecule has 2 rings (SSSR count). The third-order valence-electron chi connectivity index (χ3n) is 2.79. The van der Waals surface area contributed by atoms with Gasteiger partial charge in [0.15, 0.2) is 0 Å². The zero-order valence-electron chi connectivity index (χ0n) is 9.58. The monoisotopic (exact) mass is 286 g/mol. The molecule has 0 radical (unpaired) electrons. The summed E-state index contributed by atoms with van der Waals surface area (Å²) < 4.78 is 0. The number of halogens is 2. The summed E-state index contributed by atoms with van der Waals surface area (Å²) in [4.78, 5) is 24.6. The van der Waals surface area contributed by atoms with E-state index in [0.717, 1.165) is 5.56 Å². The Bertz CT molecular complexity index is 491. The molecule has 1 aromatic rings. The molecule has 0 saturated carbocycles. The molecule has 1 saturated heterocycles. The predicted molar refractivity (Wildman–Crippen MR) is 69.5 cm³/mol. The molecule has 2 amide bonds. The first kappa shape index (κ1) is 13.2. The molecule has 96 valence electrons. The zero-order valence-corrected chi connectivity index (χ0v) is 11.1. The van der Waals surface area contributed by atoms with Gasteiger partial charge in [-0.15, -0.1) is 0 Å². The lowest BCUT2D eigenvalue weighted by Gasteiger charge is -2.20. The van der Waals surface area contributed by atoms with Crippen molar-refractivity contribution in [2.24, 2.45) is 0 Å². The van der Waals surface area contributed by atoms with E-state index in [0.29, 0.717) is 29.6 Å². The fourth-order valence-electron chi connectivity index (χ4n) is 1.78. The van der Waals surface area contributed by atoms with Gasteiger partial charge in [0.2, 0.25) is 11.8 Å². The largest absolute Gasteiger partial charge is 0.347 e. The third kappa shape index (κ3) is 2.94. The molecule has 1 fully saturated rings. The minimum absolute atomic E-state index is 0.0387. The second-order valence-electron chi connectivity index (χ2n) is 4.05. The van der Waals surface area contributed by atoms with Gasteiger partial charge in [-0.25, -0.2) is 0 Å². The number of carbonyl (C=O) groups is 2. The summed E-state index contributed by atoms with van der Waals surface area (Å²) in [6.45, 7) is 0.803. The van der Waals surface area contributed by atoms with E-state index >= 15 is 0 Å². The first-order valence-electron chi connectivity index (χ1n) is 5.55. The van der Waals surface area contributed by atoms with Gasteiger partial charge in [-0.1, -0.05) is 35.3 Å². The molecule has 6 heteroatoms. The Morgan fingerprint density at radius 3 is 2.83 bits per heavy atom. The predicted octanol–water partition coefficient (Wildman–Crippen LogP) is 1.84. The van der Waals surface area contributed by atoms with Crippen LogP contribution in [0.1, 0.15) is 12.0 Å². The second kappa shape index (κ2) is 5.59. The van der Waals surface area contributed by atoms with Crippen LogP contribution in [-0.4, -0.2) is 29.8 Å². The fourth-order valence-corrected chi connectivity index (χ4v) is 2.16. The Labute approximate surface area is 115 Å². The third-order valence-corrected chi connectivity index (χ3v) is 3.65. The summed E-state index contributed by atoms with van der Waals surface area (Å²) in [7, 11) is 0. The van der Waals surface area contributed by atoms with E-state index in [2.05, 4.69) is 5.32 Å². The fraction of sp³-hybridized carbons (Fsp3) is 0.333. The van der Waals surface area contributed by atoms with Crippen molar-refractivity contribution in [2.45, 2.75) is 13.0 Å². The van der Waals surface area contributed by atoms with Gasteiger partial charge < -0.3 is 10.2 Å². The van der Waals surface area contributed by atoms with E-state index in [1.165, 1.54) is 0 Å². The van der Waals surface area contributed by atoms with E-state index in [9.17, 15) is 9.59 Å². The summed E-state index contributed by atoms with van der Waals surface area (Å²) in [5.41, 5.74) is 0.784. The van der Waals surface area contributed by atoms with E-state index < -0.39 is 0 Å². The van der Waals surface area contributed by atoms with Gasteiger partial charge >= 0.3 is 0 Å². The topological polar surface area (TPSA) is 49.4 Å². The molecule has 1 aliphatic rings. The van der Waals surface area contributed by atoms with Gasteiger partial charge in [-0.2, -0.15) is 0 Å². The molecule has 0 aromatic heterocycles. The molecule has 18 heavy (non-hydrogen) atoms. The van der Waals surface area contributed by atoms with Crippen molar-refractivity contribution in [1.29, 1.82) is 0 Å². The van der Waals surface area contributed by atoms with Crippen LogP contribution in [0.3, 0.4) is 0 Å². The Kier molecular flexibility index (Phi) is 4.09. The molecule has 1 N–H and O–H groups in total. The first-order valence-corrected chi connectivity index (χ1v) is 6.31. The highest BCUT2D eigenvalue weighted by Crippen LogP contribution is 2.26. The average Bonchev–Trinajstić information content (AvgIpc) is 2.50. The molecular weight excluding hydrogens is 275 g/mol. The standard InChI is InChI=1S/C12H12Cl2N2O2/c13-9-3-1-2-8(12(9)14)7-16-5-4-10(17)15-6-11(16)18/h1-3H,4-7H2,(H,15,17). The molecule has 0 aliphatic carbocycles. The summed E-state index contributed by atoms with van der Waals surface area (Å²) in [6, 6.07) is 5.31. The van der Waals surface area contributed by atoms with E-state index in [1.807, 2.05) is 6.07 Å². The van der Waals surface area contributed by atoms with Gasteiger partial charge in [0.1, 0.15) is 0 Å². The van der Waals surface area contributed by atoms with Crippen LogP contribution in [0.5, 0.6) is 0 Å². The number of nitrogens with one attached hydrogen (secondary N) is 1. The van der Waals surface area contributed by atoms with Gasteiger partial charge in [0.05, 0.1) is 16.6 Å². The molecular formula is C12H12Cl2N2O2. The van der Waals surface area contributed by atoms with E-state index in [1.54, 1.807) is 17.0 Å². The molecule has 0 bridgehead atoms. The molecule has 0 atom stereocenters. The SMILES string of the molecule is O=C1CCN(Cc2cccc(Cl)c2Cl)C(=O)CN1. The molecule has 1 heterocycles. The number of rotatable bonds is 2. The minimum atomic E-state index is -0.114. The van der Waals surface area contributed by atoms with Gasteiger partial charge in [-0.3, -0.25) is 9.59 Å². The van der Waals surface area contributed by atoms with Crippen LogP contribution < -0.4 is 5.32 Å². The maximum absolute atomic E-state index is 11.8. The smallest absolute Gasteiger partial charge is 0.242 e. The number of hydrogen-bond acceptors (Lipinski definition) is 2. The van der Waals surface area contributed by atoms with Crippen molar-refractivity contribution >= 4 is 35.0 Å². The van der Waals surface area contributed by atoms with Gasteiger partial charge in [0, 0.05) is 19.5 Å². The van der Waals surface area contributed by atoms with Crippen molar-refractivity contribution in [3.05, 3.63) is 33.8 Å². The van der Waals surface area contributed by atoms with Crippen LogP contribution in [0.25, 0.3) is 0 Å². The number of amides is 2. The van der Waals surface area contributed by atoms with Crippen molar-refractivity contribution in [3.8, 4) is 0 Å². The zero-order chi connectivity index (χ0) is 13.1. The second-order valence-corrected chi connectivity index (χ2v) is 4.84. The van der Waals surface area contributed by atoms with E-state index in [4.69, 9.17) is 23.2 Å². The van der Waals surface area contributed by atoms with Crippen molar-refractivity contribution in [1.82, 2.24) is 10.2 Å². The van der Waals surface area contributed by atoms with E-state index in [-0.39, 0.29) is 18.4 Å².